The Morgan fingerprint density at radius 3 is 2.46 bits per heavy atom. The number of benzene rings is 1. The third kappa shape index (κ3) is 3.88. The molecule has 7 heteroatoms. The first-order chi connectivity index (χ1) is 13.3. The highest BCUT2D eigenvalue weighted by Gasteiger charge is 2.16. The van der Waals surface area contributed by atoms with Gasteiger partial charge in [-0.25, -0.2) is 9.67 Å². The van der Waals surface area contributed by atoms with Crippen LogP contribution in [-0.2, 0) is 4.79 Å². The molecule has 0 aliphatic heterocycles. The van der Waals surface area contributed by atoms with E-state index in [1.165, 1.54) is 0 Å². The number of anilines is 1. The van der Waals surface area contributed by atoms with Crippen molar-refractivity contribution in [3.05, 3.63) is 52.8 Å². The largest absolute Gasteiger partial charge is 0.343 e. The van der Waals surface area contributed by atoms with Gasteiger partial charge >= 0.3 is 0 Å². The van der Waals surface area contributed by atoms with Gasteiger partial charge in [-0.2, -0.15) is 5.10 Å². The van der Waals surface area contributed by atoms with Gasteiger partial charge < -0.3 is 10.6 Å². The molecular formula is C21H25N5O2. The number of rotatable bonds is 5. The Labute approximate surface area is 164 Å². The van der Waals surface area contributed by atoms with E-state index in [2.05, 4.69) is 20.7 Å². The molecule has 2 amide bonds. The maximum Gasteiger partial charge on any atom is 0.253 e. The molecular weight excluding hydrogens is 354 g/mol. The summed E-state index contributed by atoms with van der Waals surface area (Å²) in [6.07, 6.45) is 1.70. The van der Waals surface area contributed by atoms with E-state index in [4.69, 9.17) is 0 Å². The van der Waals surface area contributed by atoms with E-state index in [1.807, 2.05) is 50.6 Å². The van der Waals surface area contributed by atoms with Crippen LogP contribution in [0.5, 0.6) is 0 Å². The van der Waals surface area contributed by atoms with E-state index in [9.17, 15) is 9.59 Å². The van der Waals surface area contributed by atoms with Crippen molar-refractivity contribution in [3.63, 3.8) is 0 Å². The van der Waals surface area contributed by atoms with Crippen LogP contribution >= 0.6 is 0 Å². The minimum atomic E-state index is -0.333. The van der Waals surface area contributed by atoms with E-state index in [0.29, 0.717) is 11.3 Å². The van der Waals surface area contributed by atoms with Gasteiger partial charge in [-0.3, -0.25) is 9.59 Å². The second kappa shape index (κ2) is 7.80. The fourth-order valence-electron chi connectivity index (χ4n) is 3.12. The van der Waals surface area contributed by atoms with E-state index in [0.717, 1.165) is 27.8 Å². The third-order valence-electron chi connectivity index (χ3n) is 4.65. The van der Waals surface area contributed by atoms with Crippen LogP contribution in [-0.4, -0.2) is 33.1 Å². The quantitative estimate of drug-likeness (QED) is 0.712. The number of hydrogen-bond donors (Lipinski definition) is 2. The van der Waals surface area contributed by atoms with Crippen LogP contribution in [0.15, 0.2) is 30.5 Å². The van der Waals surface area contributed by atoms with Crippen molar-refractivity contribution in [2.75, 3.05) is 11.9 Å². The van der Waals surface area contributed by atoms with Gasteiger partial charge in [0.15, 0.2) is 5.65 Å². The molecule has 0 fully saturated rings. The van der Waals surface area contributed by atoms with Gasteiger partial charge in [0.25, 0.3) is 5.91 Å². The predicted molar refractivity (Wildman–Crippen MR) is 110 cm³/mol. The van der Waals surface area contributed by atoms with Gasteiger partial charge in [0.2, 0.25) is 5.91 Å². The SMILES string of the molecule is Cc1cccc(C)c1NC(=O)CNC(=O)c1cc2cnn(C(C)C)c2nc1C. The monoisotopic (exact) mass is 379 g/mol. The summed E-state index contributed by atoms with van der Waals surface area (Å²) in [6.45, 7) is 9.58. The Balaban J connectivity index is 1.71. The minimum absolute atomic E-state index is 0.116. The molecule has 0 spiro atoms. The summed E-state index contributed by atoms with van der Waals surface area (Å²) in [4.78, 5) is 29.4. The Hall–Kier alpha value is -3.22. The zero-order valence-corrected chi connectivity index (χ0v) is 16.8. The Morgan fingerprint density at radius 1 is 1.14 bits per heavy atom. The molecule has 3 rings (SSSR count). The molecule has 0 unspecified atom stereocenters. The second-order valence-electron chi connectivity index (χ2n) is 7.21. The van der Waals surface area contributed by atoms with Gasteiger partial charge in [-0.05, 0) is 51.8 Å². The first kappa shape index (κ1) is 19.5. The summed E-state index contributed by atoms with van der Waals surface area (Å²) in [5.41, 5.74) is 4.52. The van der Waals surface area contributed by atoms with Crippen LogP contribution in [0.1, 0.15) is 47.1 Å². The molecule has 0 radical (unpaired) electrons. The van der Waals surface area contributed by atoms with Crippen LogP contribution < -0.4 is 10.6 Å². The topological polar surface area (TPSA) is 88.9 Å². The molecule has 2 heterocycles. The van der Waals surface area contributed by atoms with Gasteiger partial charge in [0, 0.05) is 17.1 Å². The summed E-state index contributed by atoms with van der Waals surface area (Å²) in [7, 11) is 0. The van der Waals surface area contributed by atoms with E-state index < -0.39 is 0 Å². The first-order valence-corrected chi connectivity index (χ1v) is 9.27. The van der Waals surface area contributed by atoms with Gasteiger partial charge in [0.1, 0.15) is 0 Å². The first-order valence-electron chi connectivity index (χ1n) is 9.27. The molecule has 0 bridgehead atoms. The highest BCUT2D eigenvalue weighted by atomic mass is 16.2. The number of amides is 2. The fraction of sp³-hybridized carbons (Fsp3) is 0.333. The summed E-state index contributed by atoms with van der Waals surface area (Å²) >= 11 is 0. The molecule has 0 saturated heterocycles. The van der Waals surface area contributed by atoms with Crippen LogP contribution in [0.2, 0.25) is 0 Å². The number of nitrogens with zero attached hydrogens (tertiary/aromatic N) is 3. The lowest BCUT2D eigenvalue weighted by molar-refractivity contribution is -0.115. The number of pyridine rings is 1. The van der Waals surface area contributed by atoms with Crippen molar-refractivity contribution in [2.45, 2.75) is 40.7 Å². The molecule has 0 saturated carbocycles. The molecule has 0 aliphatic carbocycles. The van der Waals surface area contributed by atoms with Crippen molar-refractivity contribution in [3.8, 4) is 0 Å². The summed E-state index contributed by atoms with van der Waals surface area (Å²) in [6, 6.07) is 7.75. The molecule has 0 atom stereocenters. The minimum Gasteiger partial charge on any atom is -0.343 e. The molecule has 146 valence electrons. The molecule has 3 aromatic rings. The van der Waals surface area contributed by atoms with Crippen molar-refractivity contribution < 1.29 is 9.59 Å². The van der Waals surface area contributed by atoms with Gasteiger partial charge in [-0.1, -0.05) is 18.2 Å². The standard InChI is InChI=1S/C21H25N5O2/c1-12(2)26-20-16(10-23-26)9-17(15(5)24-20)21(28)22-11-18(27)25-19-13(3)7-6-8-14(19)4/h6-10,12H,11H2,1-5H3,(H,22,28)(H,25,27). The highest BCUT2D eigenvalue weighted by Crippen LogP contribution is 2.20. The lowest BCUT2D eigenvalue weighted by Gasteiger charge is -2.12. The van der Waals surface area contributed by atoms with E-state index in [1.54, 1.807) is 19.2 Å². The zero-order chi connectivity index (χ0) is 20.4. The van der Waals surface area contributed by atoms with Crippen molar-refractivity contribution in [1.82, 2.24) is 20.1 Å². The lowest BCUT2D eigenvalue weighted by Crippen LogP contribution is -2.33. The number of para-hydroxylation sites is 1. The summed E-state index contributed by atoms with van der Waals surface area (Å²) in [5, 5.41) is 10.7. The van der Waals surface area contributed by atoms with Crippen LogP contribution in [0, 0.1) is 20.8 Å². The Bertz CT molecular complexity index is 1030. The number of aryl methyl sites for hydroxylation is 3. The van der Waals surface area contributed by atoms with Crippen molar-refractivity contribution in [1.29, 1.82) is 0 Å². The molecule has 2 N–H and O–H groups in total. The number of fused-ring (bicyclic) bond motifs is 1. The molecule has 7 nitrogen and oxygen atoms in total. The number of aromatic nitrogens is 3. The van der Waals surface area contributed by atoms with Crippen LogP contribution in [0.3, 0.4) is 0 Å². The molecule has 28 heavy (non-hydrogen) atoms. The number of carbonyl (C=O) groups is 2. The van der Waals surface area contributed by atoms with Gasteiger partial charge in [-0.15, -0.1) is 0 Å². The van der Waals surface area contributed by atoms with E-state index >= 15 is 0 Å². The number of nitrogens with one attached hydrogen (secondary N) is 2. The van der Waals surface area contributed by atoms with Crippen molar-refractivity contribution >= 4 is 28.5 Å². The fourth-order valence-corrected chi connectivity index (χ4v) is 3.12. The zero-order valence-electron chi connectivity index (χ0n) is 16.8. The highest BCUT2D eigenvalue weighted by molar-refractivity contribution is 6.01. The maximum absolute atomic E-state index is 12.6. The average Bonchev–Trinajstić information content (AvgIpc) is 3.05. The average molecular weight is 379 g/mol. The molecule has 1 aromatic carbocycles. The smallest absolute Gasteiger partial charge is 0.253 e. The predicted octanol–water partition coefficient (Wildman–Crippen LogP) is 3.31. The second-order valence-corrected chi connectivity index (χ2v) is 7.21. The van der Waals surface area contributed by atoms with Crippen LogP contribution in [0.25, 0.3) is 11.0 Å². The van der Waals surface area contributed by atoms with E-state index in [-0.39, 0.29) is 24.4 Å². The summed E-state index contributed by atoms with van der Waals surface area (Å²) < 4.78 is 1.82. The maximum atomic E-state index is 12.6. The van der Waals surface area contributed by atoms with Crippen molar-refractivity contribution in [2.24, 2.45) is 0 Å². The van der Waals surface area contributed by atoms with Crippen LogP contribution in [0.4, 0.5) is 5.69 Å². The summed E-state index contributed by atoms with van der Waals surface area (Å²) in [5.74, 6) is -0.606. The molecule has 0 aliphatic rings. The Kier molecular flexibility index (Phi) is 5.44. The third-order valence-corrected chi connectivity index (χ3v) is 4.65. The van der Waals surface area contributed by atoms with Gasteiger partial charge in [0.05, 0.1) is 24.0 Å². The Morgan fingerprint density at radius 2 is 1.82 bits per heavy atom. The lowest BCUT2D eigenvalue weighted by atomic mass is 10.1. The number of carbonyl (C=O) groups excluding carboxylic acids is 2. The normalized spacial score (nSPS) is 11.1. The molecule has 2 aromatic heterocycles. The number of hydrogen-bond acceptors (Lipinski definition) is 4.